The molecule has 2 aromatic carbocycles. The first-order chi connectivity index (χ1) is 9.24. The summed E-state index contributed by atoms with van der Waals surface area (Å²) in [4.78, 5) is 0. The van der Waals surface area contributed by atoms with Crippen LogP contribution < -0.4 is 0 Å². The molecule has 2 saturated carbocycles. The highest BCUT2D eigenvalue weighted by Crippen LogP contribution is 2.58. The molecule has 0 N–H and O–H groups in total. The van der Waals surface area contributed by atoms with Crippen LogP contribution in [0.3, 0.4) is 0 Å². The molecule has 2 bridgehead atoms. The Hall–Kier alpha value is -1.30. The Labute approximate surface area is 115 Å². The maximum Gasteiger partial charge on any atom is -0.0128 e. The lowest BCUT2D eigenvalue weighted by Gasteiger charge is -2.32. The number of fused-ring (bicyclic) bond motifs is 3. The topological polar surface area (TPSA) is 0 Å². The van der Waals surface area contributed by atoms with Crippen LogP contribution in [-0.2, 0) is 0 Å². The highest BCUT2D eigenvalue weighted by molar-refractivity contribution is 5.83. The van der Waals surface area contributed by atoms with Gasteiger partial charge in [0.1, 0.15) is 0 Å². The summed E-state index contributed by atoms with van der Waals surface area (Å²) in [6, 6.07) is 15.9. The van der Waals surface area contributed by atoms with Crippen LogP contribution in [0.1, 0.15) is 38.2 Å². The molecule has 0 aliphatic heterocycles. The van der Waals surface area contributed by atoms with Crippen LogP contribution >= 0.6 is 0 Å². The van der Waals surface area contributed by atoms with Crippen molar-refractivity contribution in [2.75, 3.05) is 0 Å². The van der Waals surface area contributed by atoms with Crippen LogP contribution in [0.5, 0.6) is 0 Å². The molecule has 2 aliphatic rings. The van der Waals surface area contributed by atoms with Crippen molar-refractivity contribution in [3.8, 4) is 0 Å². The zero-order chi connectivity index (χ0) is 13.0. The van der Waals surface area contributed by atoms with E-state index in [4.69, 9.17) is 0 Å². The Morgan fingerprint density at radius 1 is 0.842 bits per heavy atom. The summed E-state index contributed by atoms with van der Waals surface area (Å²) in [5.41, 5.74) is 1.59. The van der Waals surface area contributed by atoms with E-state index < -0.39 is 0 Å². The first-order valence-corrected chi connectivity index (χ1v) is 7.73. The lowest BCUT2D eigenvalue weighted by Crippen LogP contribution is -2.23. The molecule has 0 spiro atoms. The van der Waals surface area contributed by atoms with E-state index in [9.17, 15) is 0 Å². The average molecular weight is 250 g/mol. The lowest BCUT2D eigenvalue weighted by atomic mass is 9.73. The van der Waals surface area contributed by atoms with Gasteiger partial charge in [-0.1, -0.05) is 56.3 Å². The molecule has 5 atom stereocenters. The van der Waals surface area contributed by atoms with Gasteiger partial charge in [0.15, 0.2) is 0 Å². The lowest BCUT2D eigenvalue weighted by molar-refractivity contribution is 0.232. The van der Waals surface area contributed by atoms with Gasteiger partial charge in [0.25, 0.3) is 0 Å². The van der Waals surface area contributed by atoms with Gasteiger partial charge in [-0.2, -0.15) is 0 Å². The molecule has 0 radical (unpaired) electrons. The highest BCUT2D eigenvalue weighted by atomic mass is 14.5. The molecule has 2 fully saturated rings. The molecule has 2 unspecified atom stereocenters. The summed E-state index contributed by atoms with van der Waals surface area (Å²) in [7, 11) is 0. The zero-order valence-electron chi connectivity index (χ0n) is 11.8. The standard InChI is InChI=1S/C19H22/c1-12-13(2)18-10-17(12)11-19(18)16-8-7-14-5-3-4-6-15(14)9-16/h3-9,12-13,17-19H,10-11H2,1-2H3/t12?,13?,17-,18+,19+/m1/s1. The van der Waals surface area contributed by atoms with Crippen molar-refractivity contribution in [3.63, 3.8) is 0 Å². The second-order valence-corrected chi connectivity index (χ2v) is 6.83. The van der Waals surface area contributed by atoms with Gasteiger partial charge in [-0.15, -0.1) is 0 Å². The molecule has 0 heterocycles. The Balaban J connectivity index is 1.72. The van der Waals surface area contributed by atoms with Crippen molar-refractivity contribution in [1.29, 1.82) is 0 Å². The van der Waals surface area contributed by atoms with E-state index in [2.05, 4.69) is 56.3 Å². The van der Waals surface area contributed by atoms with E-state index in [1.165, 1.54) is 23.6 Å². The maximum absolute atomic E-state index is 2.47. The summed E-state index contributed by atoms with van der Waals surface area (Å²) in [5, 5.41) is 2.78. The number of benzene rings is 2. The van der Waals surface area contributed by atoms with Gasteiger partial charge in [-0.05, 0) is 58.8 Å². The van der Waals surface area contributed by atoms with E-state index in [-0.39, 0.29) is 0 Å². The summed E-state index contributed by atoms with van der Waals surface area (Å²) in [6.07, 6.45) is 2.90. The summed E-state index contributed by atoms with van der Waals surface area (Å²) >= 11 is 0. The molecule has 19 heavy (non-hydrogen) atoms. The molecule has 0 heteroatoms. The van der Waals surface area contributed by atoms with E-state index in [0.29, 0.717) is 0 Å². The first kappa shape index (κ1) is 11.5. The van der Waals surface area contributed by atoms with Gasteiger partial charge < -0.3 is 0 Å². The van der Waals surface area contributed by atoms with Gasteiger partial charge in [-0.3, -0.25) is 0 Å². The molecule has 0 saturated heterocycles. The fourth-order valence-corrected chi connectivity index (χ4v) is 4.76. The first-order valence-electron chi connectivity index (χ1n) is 7.73. The Kier molecular flexibility index (Phi) is 2.48. The van der Waals surface area contributed by atoms with Crippen LogP contribution in [0.15, 0.2) is 42.5 Å². The number of hydrogen-bond donors (Lipinski definition) is 0. The summed E-state index contributed by atoms with van der Waals surface area (Å²) in [5.74, 6) is 4.59. The van der Waals surface area contributed by atoms with Crippen molar-refractivity contribution in [1.82, 2.24) is 0 Å². The van der Waals surface area contributed by atoms with Crippen molar-refractivity contribution in [2.24, 2.45) is 23.7 Å². The van der Waals surface area contributed by atoms with Crippen molar-refractivity contribution in [2.45, 2.75) is 32.6 Å². The maximum atomic E-state index is 2.47. The minimum absolute atomic E-state index is 0.820. The van der Waals surface area contributed by atoms with Gasteiger partial charge in [0.2, 0.25) is 0 Å². The molecule has 2 aliphatic carbocycles. The monoisotopic (exact) mass is 250 g/mol. The average Bonchev–Trinajstić information content (AvgIpc) is 2.99. The molecule has 4 rings (SSSR count). The third-order valence-corrected chi connectivity index (χ3v) is 6.10. The van der Waals surface area contributed by atoms with Gasteiger partial charge in [-0.25, -0.2) is 0 Å². The Morgan fingerprint density at radius 3 is 2.37 bits per heavy atom. The van der Waals surface area contributed by atoms with Gasteiger partial charge in [0.05, 0.1) is 0 Å². The Bertz CT molecular complexity index is 610. The third kappa shape index (κ3) is 1.65. The van der Waals surface area contributed by atoms with E-state index in [1.54, 1.807) is 5.56 Å². The minimum atomic E-state index is 0.820. The van der Waals surface area contributed by atoms with Crippen LogP contribution in [0.2, 0.25) is 0 Å². The second kappa shape index (κ2) is 4.10. The quantitative estimate of drug-likeness (QED) is 0.649. The van der Waals surface area contributed by atoms with E-state index in [0.717, 1.165) is 29.6 Å². The zero-order valence-corrected chi connectivity index (χ0v) is 11.8. The smallest absolute Gasteiger partial charge is 0.0128 e. The van der Waals surface area contributed by atoms with Crippen molar-refractivity contribution in [3.05, 3.63) is 48.0 Å². The summed E-state index contributed by atoms with van der Waals surface area (Å²) in [6.45, 7) is 4.94. The van der Waals surface area contributed by atoms with Crippen molar-refractivity contribution >= 4 is 10.8 Å². The normalized spacial score (nSPS) is 37.1. The number of hydrogen-bond acceptors (Lipinski definition) is 0. The van der Waals surface area contributed by atoms with Crippen LogP contribution in [0.4, 0.5) is 0 Å². The fraction of sp³-hybridized carbons (Fsp3) is 0.474. The fourth-order valence-electron chi connectivity index (χ4n) is 4.76. The highest BCUT2D eigenvalue weighted by Gasteiger charge is 2.48. The van der Waals surface area contributed by atoms with Gasteiger partial charge in [0, 0.05) is 0 Å². The molecule has 0 nitrogen and oxygen atoms in total. The molecular formula is C19H22. The predicted octanol–water partition coefficient (Wildman–Crippen LogP) is 5.24. The number of rotatable bonds is 1. The van der Waals surface area contributed by atoms with E-state index >= 15 is 0 Å². The largest absolute Gasteiger partial charge is 0.0620 e. The van der Waals surface area contributed by atoms with Crippen LogP contribution in [0, 0.1) is 23.7 Å². The molecule has 0 amide bonds. The molecule has 98 valence electrons. The SMILES string of the molecule is CC1C(C)[C@@H]2C[C@@H]1C[C@H]2c1ccc2ccccc2c1. The van der Waals surface area contributed by atoms with Gasteiger partial charge >= 0.3 is 0 Å². The molecule has 2 aromatic rings. The minimum Gasteiger partial charge on any atom is -0.0620 e. The van der Waals surface area contributed by atoms with Crippen LogP contribution in [-0.4, -0.2) is 0 Å². The predicted molar refractivity (Wildman–Crippen MR) is 81.2 cm³/mol. The Morgan fingerprint density at radius 2 is 1.63 bits per heavy atom. The second-order valence-electron chi connectivity index (χ2n) is 6.83. The third-order valence-electron chi connectivity index (χ3n) is 6.10. The van der Waals surface area contributed by atoms with Crippen molar-refractivity contribution < 1.29 is 0 Å². The summed E-state index contributed by atoms with van der Waals surface area (Å²) < 4.78 is 0. The van der Waals surface area contributed by atoms with E-state index in [1.807, 2.05) is 0 Å². The van der Waals surface area contributed by atoms with Crippen LogP contribution in [0.25, 0.3) is 10.8 Å². The molecule has 0 aromatic heterocycles. The molecular weight excluding hydrogens is 228 g/mol.